The Bertz CT molecular complexity index is 1230. The average molecular weight is 425 g/mol. The molecule has 1 aliphatic heterocycles. The SMILES string of the molecule is COc1ccccc1C(=O)N1c2ncnn2[C@H](c2ccc(C)cc2)C[C@@H]1c1ccccc1. The first-order valence-electron chi connectivity index (χ1n) is 10.6. The number of aromatic nitrogens is 3. The van der Waals surface area contributed by atoms with Gasteiger partial charge < -0.3 is 4.74 Å². The van der Waals surface area contributed by atoms with E-state index in [-0.39, 0.29) is 18.0 Å². The van der Waals surface area contributed by atoms with Gasteiger partial charge >= 0.3 is 0 Å². The van der Waals surface area contributed by atoms with Crippen LogP contribution in [0.15, 0.2) is 85.2 Å². The summed E-state index contributed by atoms with van der Waals surface area (Å²) in [5, 5.41) is 4.51. The van der Waals surface area contributed by atoms with Crippen LogP contribution in [0.4, 0.5) is 5.95 Å². The predicted octanol–water partition coefficient (Wildman–Crippen LogP) is 4.98. The smallest absolute Gasteiger partial charge is 0.264 e. The quantitative estimate of drug-likeness (QED) is 0.464. The average Bonchev–Trinajstić information content (AvgIpc) is 3.33. The summed E-state index contributed by atoms with van der Waals surface area (Å²) >= 11 is 0. The van der Waals surface area contributed by atoms with E-state index in [9.17, 15) is 4.79 Å². The van der Waals surface area contributed by atoms with Crippen LogP contribution in [0, 0.1) is 6.92 Å². The van der Waals surface area contributed by atoms with Crippen molar-refractivity contribution in [3.05, 3.63) is 107 Å². The van der Waals surface area contributed by atoms with E-state index in [1.54, 1.807) is 24.1 Å². The van der Waals surface area contributed by atoms with Crippen LogP contribution >= 0.6 is 0 Å². The van der Waals surface area contributed by atoms with Gasteiger partial charge in [-0.25, -0.2) is 4.68 Å². The fourth-order valence-corrected chi connectivity index (χ4v) is 4.40. The summed E-state index contributed by atoms with van der Waals surface area (Å²) in [6, 6.07) is 25.6. The molecule has 0 spiro atoms. The third-order valence-electron chi connectivity index (χ3n) is 6.03. The molecular weight excluding hydrogens is 400 g/mol. The van der Waals surface area contributed by atoms with Crippen molar-refractivity contribution >= 4 is 11.9 Å². The van der Waals surface area contributed by atoms with Gasteiger partial charge in [0.25, 0.3) is 5.91 Å². The summed E-state index contributed by atoms with van der Waals surface area (Å²) in [5.74, 6) is 0.913. The lowest BCUT2D eigenvalue weighted by atomic mass is 9.91. The van der Waals surface area contributed by atoms with Crippen LogP contribution in [0.5, 0.6) is 5.75 Å². The molecule has 2 atom stereocenters. The van der Waals surface area contributed by atoms with Crippen molar-refractivity contribution in [1.82, 2.24) is 14.8 Å². The predicted molar refractivity (Wildman–Crippen MR) is 123 cm³/mol. The first kappa shape index (κ1) is 20.0. The van der Waals surface area contributed by atoms with Crippen molar-refractivity contribution in [2.45, 2.75) is 25.4 Å². The van der Waals surface area contributed by atoms with E-state index >= 15 is 0 Å². The van der Waals surface area contributed by atoms with Gasteiger partial charge in [0.2, 0.25) is 5.95 Å². The number of ether oxygens (including phenoxy) is 1. The molecule has 1 amide bonds. The molecular formula is C26H24N4O2. The van der Waals surface area contributed by atoms with Crippen molar-refractivity contribution in [3.8, 4) is 5.75 Å². The number of fused-ring (bicyclic) bond motifs is 1. The molecule has 160 valence electrons. The number of amides is 1. The number of para-hydroxylation sites is 1. The van der Waals surface area contributed by atoms with E-state index in [1.165, 1.54) is 11.9 Å². The van der Waals surface area contributed by atoms with Crippen molar-refractivity contribution in [2.24, 2.45) is 0 Å². The monoisotopic (exact) mass is 424 g/mol. The normalized spacial score (nSPS) is 17.6. The third-order valence-corrected chi connectivity index (χ3v) is 6.03. The maximum Gasteiger partial charge on any atom is 0.264 e. The summed E-state index contributed by atoms with van der Waals surface area (Å²) in [5.41, 5.74) is 3.91. The molecule has 32 heavy (non-hydrogen) atoms. The number of benzene rings is 3. The Hall–Kier alpha value is -3.93. The zero-order chi connectivity index (χ0) is 22.1. The lowest BCUT2D eigenvalue weighted by Gasteiger charge is -2.39. The molecule has 0 radical (unpaired) electrons. The Morgan fingerprint density at radius 2 is 1.59 bits per heavy atom. The first-order chi connectivity index (χ1) is 15.7. The fraction of sp³-hybridized carbons (Fsp3) is 0.192. The van der Waals surface area contributed by atoms with E-state index in [0.717, 1.165) is 11.1 Å². The van der Waals surface area contributed by atoms with E-state index in [0.29, 0.717) is 23.7 Å². The number of hydrogen-bond acceptors (Lipinski definition) is 4. The van der Waals surface area contributed by atoms with Crippen LogP contribution in [0.25, 0.3) is 0 Å². The molecule has 4 aromatic rings. The molecule has 5 rings (SSSR count). The number of anilines is 1. The summed E-state index contributed by atoms with van der Waals surface area (Å²) in [6.07, 6.45) is 2.21. The Morgan fingerprint density at radius 1 is 0.906 bits per heavy atom. The van der Waals surface area contributed by atoms with Gasteiger partial charge in [0.05, 0.1) is 24.8 Å². The summed E-state index contributed by atoms with van der Waals surface area (Å²) in [6.45, 7) is 2.08. The van der Waals surface area contributed by atoms with Crippen LogP contribution < -0.4 is 9.64 Å². The second-order valence-electron chi connectivity index (χ2n) is 7.97. The molecule has 0 saturated carbocycles. The van der Waals surface area contributed by atoms with Gasteiger partial charge in [-0.1, -0.05) is 72.3 Å². The van der Waals surface area contributed by atoms with Gasteiger partial charge in [0.15, 0.2) is 0 Å². The zero-order valence-corrected chi connectivity index (χ0v) is 18.1. The van der Waals surface area contributed by atoms with Crippen LogP contribution in [-0.2, 0) is 0 Å². The van der Waals surface area contributed by atoms with Crippen molar-refractivity contribution in [2.75, 3.05) is 12.0 Å². The fourth-order valence-electron chi connectivity index (χ4n) is 4.40. The van der Waals surface area contributed by atoms with Crippen LogP contribution in [0.1, 0.15) is 45.6 Å². The molecule has 1 aliphatic rings. The highest BCUT2D eigenvalue weighted by Crippen LogP contribution is 2.43. The molecule has 2 heterocycles. The molecule has 0 fully saturated rings. The minimum absolute atomic E-state index is 0.0278. The van der Waals surface area contributed by atoms with Crippen LogP contribution in [0.3, 0.4) is 0 Å². The Morgan fingerprint density at radius 3 is 2.34 bits per heavy atom. The standard InChI is InChI=1S/C26H24N4O2/c1-18-12-14-20(15-13-18)23-16-22(19-8-4-3-5-9-19)29(26-27-17-28-30(23)26)25(31)21-10-6-7-11-24(21)32-2/h3-15,17,22-23H,16H2,1-2H3/t22-,23+/m1/s1. The molecule has 6 heteroatoms. The van der Waals surface area contributed by atoms with E-state index in [1.807, 2.05) is 35.0 Å². The number of aryl methyl sites for hydroxylation is 1. The second-order valence-corrected chi connectivity index (χ2v) is 7.97. The van der Waals surface area contributed by atoms with Gasteiger partial charge in [0, 0.05) is 0 Å². The Balaban J connectivity index is 1.65. The highest BCUT2D eigenvalue weighted by molar-refractivity contribution is 6.07. The van der Waals surface area contributed by atoms with Gasteiger partial charge in [-0.3, -0.25) is 9.69 Å². The van der Waals surface area contributed by atoms with Gasteiger partial charge in [-0.2, -0.15) is 10.1 Å². The van der Waals surface area contributed by atoms with E-state index in [4.69, 9.17) is 4.74 Å². The number of carbonyl (C=O) groups excluding carboxylic acids is 1. The summed E-state index contributed by atoms with van der Waals surface area (Å²) in [7, 11) is 1.58. The maximum absolute atomic E-state index is 13.9. The van der Waals surface area contributed by atoms with Crippen molar-refractivity contribution < 1.29 is 9.53 Å². The minimum Gasteiger partial charge on any atom is -0.496 e. The molecule has 0 bridgehead atoms. The second kappa shape index (κ2) is 8.30. The molecule has 1 aromatic heterocycles. The van der Waals surface area contributed by atoms with Crippen LogP contribution in [-0.4, -0.2) is 27.8 Å². The van der Waals surface area contributed by atoms with Gasteiger partial charge in [0.1, 0.15) is 12.1 Å². The summed E-state index contributed by atoms with van der Waals surface area (Å²) < 4.78 is 7.34. The van der Waals surface area contributed by atoms with Gasteiger partial charge in [-0.05, 0) is 36.6 Å². The maximum atomic E-state index is 13.9. The number of methoxy groups -OCH3 is 1. The number of nitrogens with zero attached hydrogens (tertiary/aromatic N) is 4. The lowest BCUT2D eigenvalue weighted by Crippen LogP contribution is -2.42. The highest BCUT2D eigenvalue weighted by atomic mass is 16.5. The molecule has 0 unspecified atom stereocenters. The Labute approximate surface area is 187 Å². The zero-order valence-electron chi connectivity index (χ0n) is 18.1. The topological polar surface area (TPSA) is 60.2 Å². The Kier molecular flexibility index (Phi) is 5.19. The first-order valence-corrected chi connectivity index (χ1v) is 10.6. The van der Waals surface area contributed by atoms with E-state index in [2.05, 4.69) is 53.4 Å². The third kappa shape index (κ3) is 3.43. The molecule has 6 nitrogen and oxygen atoms in total. The lowest BCUT2D eigenvalue weighted by molar-refractivity contribution is 0.0960. The molecule has 0 N–H and O–H groups in total. The number of hydrogen-bond donors (Lipinski definition) is 0. The van der Waals surface area contributed by atoms with Crippen LogP contribution in [0.2, 0.25) is 0 Å². The highest BCUT2D eigenvalue weighted by Gasteiger charge is 2.40. The van der Waals surface area contributed by atoms with Crippen molar-refractivity contribution in [3.63, 3.8) is 0 Å². The van der Waals surface area contributed by atoms with E-state index < -0.39 is 0 Å². The largest absolute Gasteiger partial charge is 0.496 e. The van der Waals surface area contributed by atoms with Gasteiger partial charge in [-0.15, -0.1) is 0 Å². The molecule has 0 aliphatic carbocycles. The number of carbonyl (C=O) groups is 1. The van der Waals surface area contributed by atoms with Crippen molar-refractivity contribution in [1.29, 1.82) is 0 Å². The molecule has 3 aromatic carbocycles. The molecule has 0 saturated heterocycles. The minimum atomic E-state index is -0.198. The number of rotatable bonds is 4. The summed E-state index contributed by atoms with van der Waals surface area (Å²) in [4.78, 5) is 20.2.